The molecule has 0 aromatic heterocycles. The highest BCUT2D eigenvalue weighted by Gasteiger charge is 2.10. The second-order valence-corrected chi connectivity index (χ2v) is 4.13. The van der Waals surface area contributed by atoms with Crippen molar-refractivity contribution in [1.82, 2.24) is 0 Å². The molecule has 1 rings (SSSR count). The summed E-state index contributed by atoms with van der Waals surface area (Å²) >= 11 is 0. The molecule has 0 radical (unpaired) electrons. The van der Waals surface area contributed by atoms with Crippen LogP contribution in [0.2, 0.25) is 0 Å². The Morgan fingerprint density at radius 2 is 2.00 bits per heavy atom. The third-order valence-electron chi connectivity index (χ3n) is 2.88. The van der Waals surface area contributed by atoms with Crippen molar-refractivity contribution in [3.63, 3.8) is 0 Å². The maximum absolute atomic E-state index is 5.43. The first-order valence-corrected chi connectivity index (χ1v) is 5.45. The molecule has 0 saturated carbocycles. The number of methoxy groups -OCH3 is 1. The van der Waals surface area contributed by atoms with Crippen LogP contribution >= 0.6 is 0 Å². The minimum absolute atomic E-state index is 0.552. The first kappa shape index (κ1) is 11.9. The highest BCUT2D eigenvalue weighted by molar-refractivity contribution is 5.53. The van der Waals surface area contributed by atoms with Crippen molar-refractivity contribution in [2.45, 2.75) is 26.2 Å². The van der Waals surface area contributed by atoms with Crippen LogP contribution in [0, 0.1) is 0 Å². The van der Waals surface area contributed by atoms with E-state index in [9.17, 15) is 0 Å². The highest BCUT2D eigenvalue weighted by atomic mass is 16.5. The molecule has 1 atom stereocenters. The largest absolute Gasteiger partial charge is 0.496 e. The van der Waals surface area contributed by atoms with Gasteiger partial charge < -0.3 is 9.64 Å². The third kappa shape index (κ3) is 2.65. The molecule has 15 heavy (non-hydrogen) atoms. The number of nitrogens with zero attached hydrogens (tertiary/aromatic N) is 1. The summed E-state index contributed by atoms with van der Waals surface area (Å²) in [5.41, 5.74) is 2.48. The van der Waals surface area contributed by atoms with Crippen molar-refractivity contribution in [3.8, 4) is 5.75 Å². The van der Waals surface area contributed by atoms with Gasteiger partial charge in [0.1, 0.15) is 5.75 Å². The van der Waals surface area contributed by atoms with E-state index in [1.54, 1.807) is 7.11 Å². The smallest absolute Gasteiger partial charge is 0.124 e. The molecule has 0 N–H and O–H groups in total. The molecular formula is C13H21NO. The molecule has 84 valence electrons. The van der Waals surface area contributed by atoms with Crippen molar-refractivity contribution in [2.75, 3.05) is 26.1 Å². The van der Waals surface area contributed by atoms with Crippen LogP contribution in [0.1, 0.15) is 31.7 Å². The van der Waals surface area contributed by atoms with Gasteiger partial charge in [0.2, 0.25) is 0 Å². The summed E-state index contributed by atoms with van der Waals surface area (Å²) in [7, 11) is 5.82. The van der Waals surface area contributed by atoms with Crippen LogP contribution in [-0.2, 0) is 0 Å². The van der Waals surface area contributed by atoms with E-state index in [4.69, 9.17) is 4.74 Å². The van der Waals surface area contributed by atoms with Crippen LogP contribution in [-0.4, -0.2) is 21.2 Å². The lowest BCUT2D eigenvalue weighted by Crippen LogP contribution is -2.09. The summed E-state index contributed by atoms with van der Waals surface area (Å²) in [5.74, 6) is 1.55. The summed E-state index contributed by atoms with van der Waals surface area (Å²) < 4.78 is 5.43. The second-order valence-electron chi connectivity index (χ2n) is 4.13. The molecule has 1 unspecified atom stereocenters. The van der Waals surface area contributed by atoms with E-state index in [-0.39, 0.29) is 0 Å². The minimum Gasteiger partial charge on any atom is -0.496 e. The average molecular weight is 207 g/mol. The Kier molecular flexibility index (Phi) is 4.01. The van der Waals surface area contributed by atoms with Gasteiger partial charge >= 0.3 is 0 Å². The molecule has 0 aliphatic rings. The maximum Gasteiger partial charge on any atom is 0.124 e. The van der Waals surface area contributed by atoms with Gasteiger partial charge in [0, 0.05) is 25.8 Å². The van der Waals surface area contributed by atoms with Gasteiger partial charge in [0.25, 0.3) is 0 Å². The average Bonchev–Trinajstić information content (AvgIpc) is 2.27. The predicted octanol–water partition coefficient (Wildman–Crippen LogP) is 3.27. The number of ether oxygens (including phenoxy) is 1. The lowest BCUT2D eigenvalue weighted by molar-refractivity contribution is 0.406. The van der Waals surface area contributed by atoms with Gasteiger partial charge in [-0.15, -0.1) is 0 Å². The molecule has 2 nitrogen and oxygen atoms in total. The van der Waals surface area contributed by atoms with E-state index in [0.717, 1.165) is 12.2 Å². The fraction of sp³-hybridized carbons (Fsp3) is 0.538. The van der Waals surface area contributed by atoms with E-state index >= 15 is 0 Å². The second kappa shape index (κ2) is 5.06. The molecule has 0 bridgehead atoms. The lowest BCUT2D eigenvalue weighted by Gasteiger charge is -2.18. The SMILES string of the molecule is CCC(C)c1ccc(N(C)C)cc1OC. The molecule has 1 aromatic rings. The standard InChI is InChI=1S/C13H21NO/c1-6-10(2)12-8-7-11(14(3)4)9-13(12)15-5/h7-10H,6H2,1-5H3. The van der Waals surface area contributed by atoms with Crippen LogP contribution in [0.25, 0.3) is 0 Å². The van der Waals surface area contributed by atoms with E-state index in [2.05, 4.69) is 36.9 Å². The summed E-state index contributed by atoms with van der Waals surface area (Å²) in [4.78, 5) is 2.09. The quantitative estimate of drug-likeness (QED) is 0.751. The fourth-order valence-corrected chi connectivity index (χ4v) is 1.61. The molecule has 2 heteroatoms. The van der Waals surface area contributed by atoms with Gasteiger partial charge in [-0.05, 0) is 24.0 Å². The zero-order valence-electron chi connectivity index (χ0n) is 10.4. The Labute approximate surface area is 92.9 Å². The van der Waals surface area contributed by atoms with E-state index in [0.29, 0.717) is 5.92 Å². The number of hydrogen-bond donors (Lipinski definition) is 0. The van der Waals surface area contributed by atoms with Gasteiger partial charge in [-0.1, -0.05) is 19.9 Å². The molecule has 0 aliphatic carbocycles. The fourth-order valence-electron chi connectivity index (χ4n) is 1.61. The summed E-state index contributed by atoms with van der Waals surface area (Å²) in [6.45, 7) is 4.43. The number of hydrogen-bond acceptors (Lipinski definition) is 2. The Morgan fingerprint density at radius 1 is 1.33 bits per heavy atom. The summed E-state index contributed by atoms with van der Waals surface area (Å²) in [6, 6.07) is 6.41. The monoisotopic (exact) mass is 207 g/mol. The van der Waals surface area contributed by atoms with Crippen LogP contribution < -0.4 is 9.64 Å². The van der Waals surface area contributed by atoms with Crippen LogP contribution in [0.3, 0.4) is 0 Å². The van der Waals surface area contributed by atoms with Gasteiger partial charge in [0.05, 0.1) is 7.11 Å². The van der Waals surface area contributed by atoms with Crippen molar-refractivity contribution in [2.24, 2.45) is 0 Å². The topological polar surface area (TPSA) is 12.5 Å². The normalized spacial score (nSPS) is 12.3. The molecule has 0 aliphatic heterocycles. The van der Waals surface area contributed by atoms with Crippen LogP contribution in [0.4, 0.5) is 5.69 Å². The maximum atomic E-state index is 5.43. The van der Waals surface area contributed by atoms with E-state index in [1.807, 2.05) is 14.1 Å². The van der Waals surface area contributed by atoms with Crippen molar-refractivity contribution >= 4 is 5.69 Å². The van der Waals surface area contributed by atoms with E-state index in [1.165, 1.54) is 11.3 Å². The zero-order valence-corrected chi connectivity index (χ0v) is 10.4. The zero-order chi connectivity index (χ0) is 11.4. The van der Waals surface area contributed by atoms with Crippen molar-refractivity contribution in [1.29, 1.82) is 0 Å². The number of benzene rings is 1. The van der Waals surface area contributed by atoms with Crippen molar-refractivity contribution in [3.05, 3.63) is 23.8 Å². The third-order valence-corrected chi connectivity index (χ3v) is 2.88. The number of anilines is 1. The minimum atomic E-state index is 0.552. The van der Waals surface area contributed by atoms with Gasteiger partial charge in [-0.25, -0.2) is 0 Å². The molecular weight excluding hydrogens is 186 g/mol. The van der Waals surface area contributed by atoms with Crippen LogP contribution in [0.5, 0.6) is 5.75 Å². The number of rotatable bonds is 4. The molecule has 1 aromatic carbocycles. The molecule has 0 amide bonds. The Morgan fingerprint density at radius 3 is 2.47 bits per heavy atom. The first-order valence-electron chi connectivity index (χ1n) is 5.45. The Hall–Kier alpha value is -1.18. The Balaban J connectivity index is 3.09. The first-order chi connectivity index (χ1) is 7.10. The van der Waals surface area contributed by atoms with Gasteiger partial charge in [-0.2, -0.15) is 0 Å². The van der Waals surface area contributed by atoms with E-state index < -0.39 is 0 Å². The lowest BCUT2D eigenvalue weighted by atomic mass is 9.97. The molecule has 0 fully saturated rings. The molecule has 0 saturated heterocycles. The van der Waals surface area contributed by atoms with Crippen molar-refractivity contribution < 1.29 is 4.74 Å². The molecule has 0 spiro atoms. The summed E-state index contributed by atoms with van der Waals surface area (Å²) in [6.07, 6.45) is 1.14. The van der Waals surface area contributed by atoms with Gasteiger partial charge in [-0.3, -0.25) is 0 Å². The summed E-state index contributed by atoms with van der Waals surface area (Å²) in [5, 5.41) is 0. The predicted molar refractivity (Wildman–Crippen MR) is 66.0 cm³/mol. The molecule has 0 heterocycles. The van der Waals surface area contributed by atoms with Crippen LogP contribution in [0.15, 0.2) is 18.2 Å². The Bertz CT molecular complexity index is 320. The van der Waals surface area contributed by atoms with Gasteiger partial charge in [0.15, 0.2) is 0 Å². The highest BCUT2D eigenvalue weighted by Crippen LogP contribution is 2.31.